The number of hydrogen-bond acceptors (Lipinski definition) is 4. The molecule has 7 nitrogen and oxygen atoms in total. The summed E-state index contributed by atoms with van der Waals surface area (Å²) in [5.74, 6) is -0.864. The van der Waals surface area contributed by atoms with Gasteiger partial charge in [0.05, 0.1) is 11.1 Å². The van der Waals surface area contributed by atoms with Crippen molar-refractivity contribution in [1.29, 1.82) is 0 Å². The SMILES string of the molecule is CC(C)(C)OC(=O)Nc1nc2c(Br)cc(C(=O)O)cc2[nH]1. The monoisotopic (exact) mass is 355 g/mol. The van der Waals surface area contributed by atoms with Crippen molar-refractivity contribution in [2.75, 3.05) is 5.32 Å². The summed E-state index contributed by atoms with van der Waals surface area (Å²) in [6.07, 6.45) is -0.642. The molecule has 0 aliphatic rings. The van der Waals surface area contributed by atoms with Crippen molar-refractivity contribution >= 4 is 45.0 Å². The first-order valence-corrected chi connectivity index (χ1v) is 6.87. The number of hydrogen-bond donors (Lipinski definition) is 3. The fraction of sp³-hybridized carbons (Fsp3) is 0.308. The molecule has 1 amide bonds. The zero-order valence-corrected chi connectivity index (χ0v) is 13.2. The Morgan fingerprint density at radius 3 is 2.62 bits per heavy atom. The molecule has 0 bridgehead atoms. The van der Waals surface area contributed by atoms with E-state index in [-0.39, 0.29) is 11.5 Å². The lowest BCUT2D eigenvalue weighted by Crippen LogP contribution is -2.27. The van der Waals surface area contributed by atoms with Crippen LogP contribution in [0, 0.1) is 0 Å². The Hall–Kier alpha value is -2.09. The molecule has 2 rings (SSSR count). The Balaban J connectivity index is 2.29. The van der Waals surface area contributed by atoms with Gasteiger partial charge >= 0.3 is 12.1 Å². The maximum atomic E-state index is 11.7. The van der Waals surface area contributed by atoms with E-state index in [1.807, 2.05) is 0 Å². The summed E-state index contributed by atoms with van der Waals surface area (Å²) >= 11 is 3.25. The molecule has 112 valence electrons. The standard InChI is InChI=1S/C13H14BrN3O4/c1-13(2,3)21-12(20)17-11-15-8-5-6(10(18)19)4-7(14)9(8)16-11/h4-5H,1-3H3,(H,18,19)(H2,15,16,17,20). The number of benzene rings is 1. The van der Waals surface area contributed by atoms with Crippen molar-refractivity contribution in [2.24, 2.45) is 0 Å². The number of ether oxygens (including phenoxy) is 1. The first kappa shape index (κ1) is 15.3. The van der Waals surface area contributed by atoms with Crippen LogP contribution in [0.1, 0.15) is 31.1 Å². The van der Waals surface area contributed by atoms with Gasteiger partial charge in [-0.1, -0.05) is 0 Å². The summed E-state index contributed by atoms with van der Waals surface area (Å²) in [7, 11) is 0. The lowest BCUT2D eigenvalue weighted by Gasteiger charge is -2.18. The number of rotatable bonds is 2. The molecule has 3 N–H and O–H groups in total. The van der Waals surface area contributed by atoms with Gasteiger partial charge in [0.1, 0.15) is 11.1 Å². The van der Waals surface area contributed by atoms with E-state index in [4.69, 9.17) is 9.84 Å². The third kappa shape index (κ3) is 3.72. The molecule has 1 aromatic carbocycles. The fourth-order valence-electron chi connectivity index (χ4n) is 1.66. The number of amides is 1. The molecule has 0 aliphatic heterocycles. The van der Waals surface area contributed by atoms with Gasteiger partial charge in [-0.3, -0.25) is 5.32 Å². The van der Waals surface area contributed by atoms with E-state index in [9.17, 15) is 9.59 Å². The number of aromatic nitrogens is 2. The molecule has 0 radical (unpaired) electrons. The van der Waals surface area contributed by atoms with Crippen molar-refractivity contribution < 1.29 is 19.4 Å². The number of nitrogens with zero attached hydrogens (tertiary/aromatic N) is 1. The second-order valence-corrected chi connectivity index (χ2v) is 6.23. The van der Waals surface area contributed by atoms with Crippen LogP contribution >= 0.6 is 15.9 Å². The smallest absolute Gasteiger partial charge is 0.414 e. The molecule has 21 heavy (non-hydrogen) atoms. The summed E-state index contributed by atoms with van der Waals surface area (Å²) in [5.41, 5.74) is 0.508. The third-order valence-corrected chi connectivity index (χ3v) is 3.01. The average Bonchev–Trinajstić information content (AvgIpc) is 2.68. The third-order valence-electron chi connectivity index (χ3n) is 2.41. The van der Waals surface area contributed by atoms with Crippen LogP contribution in [0.4, 0.5) is 10.7 Å². The quantitative estimate of drug-likeness (QED) is 0.765. The highest BCUT2D eigenvalue weighted by atomic mass is 79.9. The highest BCUT2D eigenvalue weighted by Gasteiger charge is 2.18. The molecule has 0 unspecified atom stereocenters. The molecule has 2 aromatic rings. The van der Waals surface area contributed by atoms with E-state index in [0.29, 0.717) is 15.5 Å². The van der Waals surface area contributed by atoms with Crippen LogP contribution in [0.25, 0.3) is 11.0 Å². The van der Waals surface area contributed by atoms with Crippen molar-refractivity contribution in [2.45, 2.75) is 26.4 Å². The molecule has 0 saturated heterocycles. The molecule has 0 aliphatic carbocycles. The van der Waals surface area contributed by atoms with Crippen LogP contribution in [-0.2, 0) is 4.74 Å². The van der Waals surface area contributed by atoms with Gasteiger partial charge < -0.3 is 14.8 Å². The Labute approximate surface area is 128 Å². The minimum Gasteiger partial charge on any atom is -0.478 e. The summed E-state index contributed by atoms with van der Waals surface area (Å²) in [6.45, 7) is 5.25. The summed E-state index contributed by atoms with van der Waals surface area (Å²) < 4.78 is 5.63. The number of fused-ring (bicyclic) bond motifs is 1. The largest absolute Gasteiger partial charge is 0.478 e. The highest BCUT2D eigenvalue weighted by Crippen LogP contribution is 2.25. The van der Waals surface area contributed by atoms with Gasteiger partial charge in [-0.25, -0.2) is 14.6 Å². The van der Waals surface area contributed by atoms with Crippen molar-refractivity contribution in [1.82, 2.24) is 9.97 Å². The van der Waals surface area contributed by atoms with Crippen molar-refractivity contribution in [3.63, 3.8) is 0 Å². The average molecular weight is 356 g/mol. The predicted molar refractivity (Wildman–Crippen MR) is 80.6 cm³/mol. The van der Waals surface area contributed by atoms with Crippen molar-refractivity contribution in [3.05, 3.63) is 22.2 Å². The maximum Gasteiger partial charge on any atom is 0.414 e. The number of aromatic carboxylic acids is 1. The maximum absolute atomic E-state index is 11.7. The van der Waals surface area contributed by atoms with Crippen LogP contribution in [0.2, 0.25) is 0 Å². The van der Waals surface area contributed by atoms with E-state index in [2.05, 4.69) is 31.2 Å². The van der Waals surface area contributed by atoms with Crippen LogP contribution in [0.3, 0.4) is 0 Å². The molecular weight excluding hydrogens is 342 g/mol. The number of nitrogens with one attached hydrogen (secondary N) is 2. The number of carbonyl (C=O) groups is 2. The van der Waals surface area contributed by atoms with Gasteiger partial charge in [0, 0.05) is 4.47 Å². The van der Waals surface area contributed by atoms with Crippen LogP contribution in [0.15, 0.2) is 16.6 Å². The summed E-state index contributed by atoms with van der Waals surface area (Å²) in [5, 5.41) is 11.5. The molecular formula is C13H14BrN3O4. The first-order valence-electron chi connectivity index (χ1n) is 6.08. The highest BCUT2D eigenvalue weighted by molar-refractivity contribution is 9.10. The van der Waals surface area contributed by atoms with Gasteiger partial charge in [-0.2, -0.15) is 0 Å². The Morgan fingerprint density at radius 2 is 2.05 bits per heavy atom. The van der Waals surface area contributed by atoms with Gasteiger partial charge in [0.15, 0.2) is 0 Å². The lowest BCUT2D eigenvalue weighted by atomic mass is 10.2. The Bertz CT molecular complexity index is 718. The predicted octanol–water partition coefficient (Wildman–Crippen LogP) is 3.37. The zero-order chi connectivity index (χ0) is 15.8. The van der Waals surface area contributed by atoms with E-state index >= 15 is 0 Å². The molecule has 1 aromatic heterocycles. The number of H-pyrrole nitrogens is 1. The first-order chi connectivity index (χ1) is 9.65. The summed E-state index contributed by atoms with van der Waals surface area (Å²) in [6, 6.07) is 2.89. The number of carboxylic acid groups (broad SMARTS) is 1. The van der Waals surface area contributed by atoms with Gasteiger partial charge in [-0.15, -0.1) is 0 Å². The topological polar surface area (TPSA) is 104 Å². The Morgan fingerprint density at radius 1 is 1.38 bits per heavy atom. The molecule has 0 fully saturated rings. The molecule has 0 atom stereocenters. The molecule has 0 spiro atoms. The number of halogens is 1. The van der Waals surface area contributed by atoms with Crippen molar-refractivity contribution in [3.8, 4) is 0 Å². The van der Waals surface area contributed by atoms with Gasteiger partial charge in [-0.05, 0) is 48.8 Å². The molecule has 0 saturated carbocycles. The van der Waals surface area contributed by atoms with Gasteiger partial charge in [0.2, 0.25) is 5.95 Å². The molecule has 8 heteroatoms. The van der Waals surface area contributed by atoms with Crippen LogP contribution < -0.4 is 5.32 Å². The number of carboxylic acids is 1. The minimum atomic E-state index is -1.05. The van der Waals surface area contributed by atoms with Gasteiger partial charge in [0.25, 0.3) is 0 Å². The second-order valence-electron chi connectivity index (χ2n) is 5.37. The second kappa shape index (κ2) is 5.36. The normalized spacial score (nSPS) is 11.4. The van der Waals surface area contributed by atoms with Crippen LogP contribution in [0.5, 0.6) is 0 Å². The van der Waals surface area contributed by atoms with E-state index in [0.717, 1.165) is 0 Å². The number of imidazole rings is 1. The number of anilines is 1. The molecule has 1 heterocycles. The van der Waals surface area contributed by atoms with E-state index in [1.165, 1.54) is 12.1 Å². The van der Waals surface area contributed by atoms with E-state index < -0.39 is 17.7 Å². The number of aromatic amines is 1. The summed E-state index contributed by atoms with van der Waals surface area (Å²) in [4.78, 5) is 29.7. The van der Waals surface area contributed by atoms with E-state index in [1.54, 1.807) is 20.8 Å². The lowest BCUT2D eigenvalue weighted by molar-refractivity contribution is 0.0633. The Kier molecular flexibility index (Phi) is 3.91. The minimum absolute atomic E-state index is 0.113. The zero-order valence-electron chi connectivity index (χ0n) is 11.7. The number of carbonyl (C=O) groups excluding carboxylic acids is 1. The fourth-order valence-corrected chi connectivity index (χ4v) is 2.21. The van der Waals surface area contributed by atoms with Crippen LogP contribution in [-0.4, -0.2) is 32.7 Å².